The molecule has 3 rings (SSSR count). The monoisotopic (exact) mass is 464 g/mol. The van der Waals surface area contributed by atoms with Crippen LogP contribution in [0.2, 0.25) is 0 Å². The minimum atomic E-state index is -1.40. The van der Waals surface area contributed by atoms with Crippen molar-refractivity contribution in [1.29, 1.82) is 0 Å². The molecule has 1 saturated heterocycles. The van der Waals surface area contributed by atoms with Crippen LogP contribution in [-0.2, 0) is 17.0 Å². The number of likely N-dealkylation sites (tertiary alicyclic amines) is 1. The van der Waals surface area contributed by atoms with Crippen molar-refractivity contribution in [3.63, 3.8) is 0 Å². The van der Waals surface area contributed by atoms with E-state index in [1.165, 1.54) is 5.56 Å². The normalized spacial score (nSPS) is 16.2. The lowest BCUT2D eigenvalue weighted by molar-refractivity contribution is -0.132. The van der Waals surface area contributed by atoms with Crippen molar-refractivity contribution in [3.8, 4) is 0 Å². The highest BCUT2D eigenvalue weighted by Crippen LogP contribution is 2.28. The molecule has 0 radical (unpaired) electrons. The van der Waals surface area contributed by atoms with Gasteiger partial charge < -0.3 is 10.6 Å². The first-order valence-corrected chi connectivity index (χ1v) is 13.1. The number of piperidine rings is 1. The van der Waals surface area contributed by atoms with Gasteiger partial charge in [0.25, 0.3) is 0 Å². The molecule has 0 aliphatic carbocycles. The molecule has 0 saturated carbocycles. The van der Waals surface area contributed by atoms with E-state index in [2.05, 4.69) is 23.9 Å². The Morgan fingerprint density at radius 2 is 1.69 bits per heavy atom. The highest BCUT2D eigenvalue weighted by molar-refractivity contribution is 8.27. The van der Waals surface area contributed by atoms with Crippen LogP contribution in [0.1, 0.15) is 30.4 Å². The van der Waals surface area contributed by atoms with E-state index in [1.54, 1.807) is 0 Å². The molecular weight excluding hydrogens is 433 g/mol. The summed E-state index contributed by atoms with van der Waals surface area (Å²) in [7, 11) is -1.40. The predicted octanol–water partition coefficient (Wildman–Crippen LogP) is 4.47. The van der Waals surface area contributed by atoms with Crippen molar-refractivity contribution < 1.29 is 18.0 Å². The first kappa shape index (κ1) is 24.4. The molecule has 1 aliphatic rings. The first-order chi connectivity index (χ1) is 15.1. The van der Waals surface area contributed by atoms with Crippen molar-refractivity contribution in [2.24, 2.45) is 11.7 Å². The molecule has 0 spiro atoms. The second-order valence-electron chi connectivity index (χ2n) is 8.75. The molecule has 1 fully saturated rings. The van der Waals surface area contributed by atoms with Gasteiger partial charge in [-0.1, -0.05) is 42.1 Å². The molecule has 0 bridgehead atoms. The molecule has 1 aliphatic heterocycles. The maximum absolute atomic E-state index is 13.9. The zero-order chi connectivity index (χ0) is 23.3. The summed E-state index contributed by atoms with van der Waals surface area (Å²) >= 11 is 0. The average Bonchev–Trinajstić information content (AvgIpc) is 2.76. The van der Waals surface area contributed by atoms with Gasteiger partial charge in [0.1, 0.15) is 5.82 Å². The van der Waals surface area contributed by atoms with Crippen molar-refractivity contribution >= 4 is 26.9 Å². The van der Waals surface area contributed by atoms with Crippen LogP contribution in [0.15, 0.2) is 42.5 Å². The van der Waals surface area contributed by atoms with Gasteiger partial charge in [-0.25, -0.2) is 22.4 Å². The van der Waals surface area contributed by atoms with Crippen LogP contribution in [0.3, 0.4) is 0 Å². The second-order valence-corrected chi connectivity index (χ2v) is 11.9. The van der Waals surface area contributed by atoms with E-state index in [9.17, 15) is 18.0 Å². The molecule has 7 heteroatoms. The van der Waals surface area contributed by atoms with Crippen LogP contribution in [0.4, 0.5) is 13.2 Å². The number of halogens is 3. The van der Waals surface area contributed by atoms with Crippen LogP contribution in [0.5, 0.6) is 0 Å². The Bertz CT molecular complexity index is 1030. The van der Waals surface area contributed by atoms with Crippen molar-refractivity contribution in [2.45, 2.75) is 37.5 Å². The van der Waals surface area contributed by atoms with Crippen LogP contribution >= 0.6 is 9.21 Å². The third-order valence-corrected chi connectivity index (χ3v) is 8.12. The van der Waals surface area contributed by atoms with Crippen molar-refractivity contribution in [1.82, 2.24) is 4.90 Å². The van der Waals surface area contributed by atoms with E-state index in [0.717, 1.165) is 11.8 Å². The zero-order valence-corrected chi connectivity index (χ0v) is 19.1. The topological polar surface area (TPSA) is 46.3 Å². The zero-order valence-electron chi connectivity index (χ0n) is 18.2. The highest BCUT2D eigenvalue weighted by Gasteiger charge is 2.27. The smallest absolute Gasteiger partial charge is 0.223 e. The molecule has 2 aromatic carbocycles. The Balaban J connectivity index is 1.46. The second kappa shape index (κ2) is 10.6. The molecule has 174 valence electrons. The minimum absolute atomic E-state index is 0.0820. The number of nitrogens with two attached hydrogens (primary N) is 1. The average molecular weight is 465 g/mol. The maximum atomic E-state index is 13.9. The fourth-order valence-corrected chi connectivity index (χ4v) is 5.83. The lowest BCUT2D eigenvalue weighted by atomic mass is 9.86. The molecule has 3 nitrogen and oxygen atoms in total. The predicted molar refractivity (Wildman–Crippen MR) is 129 cm³/mol. The van der Waals surface area contributed by atoms with E-state index < -0.39 is 26.7 Å². The fraction of sp³-hybridized carbons (Fsp3) is 0.400. The number of hydrogen-bond donors (Lipinski definition) is 1. The van der Waals surface area contributed by atoms with Gasteiger partial charge in [-0.3, -0.25) is 4.79 Å². The Morgan fingerprint density at radius 1 is 1.06 bits per heavy atom. The SMILES string of the molecule is C=S(=C)(CCC(=O)N1CCC(C(N)Cc2cc(F)c(F)cc2F)CC1)Cc1ccccc1. The van der Waals surface area contributed by atoms with Gasteiger partial charge in [-0.15, -0.1) is 0 Å². The Labute approximate surface area is 188 Å². The number of nitrogens with zero attached hydrogens (tertiary/aromatic N) is 1. The third-order valence-electron chi connectivity index (χ3n) is 6.11. The molecule has 1 heterocycles. The summed E-state index contributed by atoms with van der Waals surface area (Å²) in [5.41, 5.74) is 7.52. The van der Waals surface area contributed by atoms with E-state index in [4.69, 9.17) is 5.73 Å². The Hall–Kier alpha value is -2.25. The third kappa shape index (κ3) is 6.62. The number of rotatable bonds is 8. The summed E-state index contributed by atoms with van der Waals surface area (Å²) in [4.78, 5) is 14.6. The summed E-state index contributed by atoms with van der Waals surface area (Å²) in [6.07, 6.45) is 1.96. The standard InChI is InChI=1S/C25H31F3N2OS/c1-32(2,17-18-6-4-3-5-7-18)13-10-25(31)30-11-8-19(9-12-30)24(29)15-20-14-22(27)23(28)16-21(20)26/h3-7,14,16,19,24H,1-2,8-13,15,17,29H2. The maximum Gasteiger partial charge on any atom is 0.223 e. The van der Waals surface area contributed by atoms with Gasteiger partial charge in [0, 0.05) is 37.4 Å². The van der Waals surface area contributed by atoms with Crippen LogP contribution < -0.4 is 5.73 Å². The summed E-state index contributed by atoms with van der Waals surface area (Å²) in [5, 5.41) is 0. The van der Waals surface area contributed by atoms with Crippen molar-refractivity contribution in [3.05, 3.63) is 71.0 Å². The molecule has 1 unspecified atom stereocenters. The molecule has 0 aromatic heterocycles. The van der Waals surface area contributed by atoms with E-state index in [-0.39, 0.29) is 29.9 Å². The number of hydrogen-bond acceptors (Lipinski definition) is 2. The van der Waals surface area contributed by atoms with Gasteiger partial charge in [-0.05, 0) is 48.1 Å². The molecule has 2 aromatic rings. The van der Waals surface area contributed by atoms with E-state index in [1.807, 2.05) is 23.1 Å². The number of amides is 1. The van der Waals surface area contributed by atoms with Crippen LogP contribution in [0, 0.1) is 23.4 Å². The lowest BCUT2D eigenvalue weighted by Crippen LogP contribution is -2.44. The molecular formula is C25H31F3N2OS. The fourth-order valence-electron chi connectivity index (χ4n) is 4.18. The highest BCUT2D eigenvalue weighted by atomic mass is 32.2. The van der Waals surface area contributed by atoms with Gasteiger partial charge in [-0.2, -0.15) is 0 Å². The summed E-state index contributed by atoms with van der Waals surface area (Å²) in [5.74, 6) is 7.16. The van der Waals surface area contributed by atoms with Gasteiger partial charge in [0.2, 0.25) is 5.91 Å². The molecule has 1 atom stereocenters. The first-order valence-electron chi connectivity index (χ1n) is 10.8. The van der Waals surface area contributed by atoms with Gasteiger partial charge in [0.15, 0.2) is 11.6 Å². The minimum Gasteiger partial charge on any atom is -0.343 e. The largest absolute Gasteiger partial charge is 0.343 e. The number of carbonyl (C=O) groups is 1. The molecule has 2 N–H and O–H groups in total. The van der Waals surface area contributed by atoms with Gasteiger partial charge in [0.05, 0.1) is 0 Å². The Morgan fingerprint density at radius 3 is 2.34 bits per heavy atom. The lowest BCUT2D eigenvalue weighted by Gasteiger charge is -2.35. The van der Waals surface area contributed by atoms with Gasteiger partial charge >= 0.3 is 0 Å². The summed E-state index contributed by atoms with van der Waals surface area (Å²) in [6.45, 7) is 1.18. The molecule has 1 amide bonds. The number of benzene rings is 2. The van der Waals surface area contributed by atoms with Crippen LogP contribution in [-0.4, -0.2) is 47.4 Å². The Kier molecular flexibility index (Phi) is 8.06. The van der Waals surface area contributed by atoms with Crippen molar-refractivity contribution in [2.75, 3.05) is 18.8 Å². The number of carbonyl (C=O) groups excluding carboxylic acids is 1. The molecule has 32 heavy (non-hydrogen) atoms. The quantitative estimate of drug-likeness (QED) is 0.463. The summed E-state index contributed by atoms with van der Waals surface area (Å²) in [6, 6.07) is 11.1. The summed E-state index contributed by atoms with van der Waals surface area (Å²) < 4.78 is 40.5. The van der Waals surface area contributed by atoms with E-state index in [0.29, 0.717) is 44.2 Å². The van der Waals surface area contributed by atoms with E-state index >= 15 is 0 Å². The van der Waals surface area contributed by atoms with Crippen LogP contribution in [0.25, 0.3) is 0 Å².